The minimum absolute atomic E-state index is 0.423. The van der Waals surface area contributed by atoms with Gasteiger partial charge in [0.15, 0.2) is 11.5 Å². The van der Waals surface area contributed by atoms with Gasteiger partial charge in [0.1, 0.15) is 11.5 Å². The molecule has 0 aromatic carbocycles. The van der Waals surface area contributed by atoms with Crippen molar-refractivity contribution in [2.24, 2.45) is 0 Å². The van der Waals surface area contributed by atoms with E-state index in [4.69, 9.17) is 11.6 Å². The third-order valence-corrected chi connectivity index (χ3v) is 4.09. The molecule has 4 nitrogen and oxygen atoms in total. The normalized spacial score (nSPS) is 11.1. The van der Waals surface area contributed by atoms with E-state index in [9.17, 15) is 0 Å². The van der Waals surface area contributed by atoms with Crippen LogP contribution >= 0.6 is 45.5 Å². The van der Waals surface area contributed by atoms with Crippen molar-refractivity contribution >= 4 is 51.2 Å². The molecule has 0 amide bonds. The Labute approximate surface area is 113 Å². The molecule has 0 unspecified atom stereocenters. The van der Waals surface area contributed by atoms with Crippen LogP contribution in [0.25, 0.3) is 17.0 Å². The van der Waals surface area contributed by atoms with Crippen LogP contribution in [0.5, 0.6) is 0 Å². The quantitative estimate of drug-likeness (QED) is 0.493. The minimum atomic E-state index is 0.423. The van der Waals surface area contributed by atoms with Gasteiger partial charge in [-0.05, 0) is 28.7 Å². The molecule has 0 spiro atoms. The molecule has 0 atom stereocenters. The summed E-state index contributed by atoms with van der Waals surface area (Å²) in [6, 6.07) is 3.76. The van der Waals surface area contributed by atoms with Crippen molar-refractivity contribution in [1.82, 2.24) is 19.6 Å². The third kappa shape index (κ3) is 1.70. The summed E-state index contributed by atoms with van der Waals surface area (Å²) >= 11 is 9.74. The molecule has 0 aliphatic carbocycles. The molecule has 3 rings (SSSR count). The number of rotatable bonds is 1. The Balaban J connectivity index is 2.25. The Hall–Kier alpha value is -0.730. The first kappa shape index (κ1) is 10.4. The number of aromatic nitrogens is 4. The maximum absolute atomic E-state index is 5.79. The highest BCUT2D eigenvalue weighted by Crippen LogP contribution is 2.25. The molecule has 0 aliphatic rings. The Morgan fingerprint density at radius 1 is 1.31 bits per heavy atom. The van der Waals surface area contributed by atoms with Gasteiger partial charge in [-0.25, -0.2) is 4.98 Å². The van der Waals surface area contributed by atoms with Gasteiger partial charge in [0.25, 0.3) is 0 Å². The molecule has 0 saturated carbocycles. The standard InChI is InChI=1S/C9H4ClIN4S/c10-6-2-8-13-14-9(15(8)4-12-6)5-1-7(11)16-3-5/h1-4H. The molecular formula is C9H4ClIN4S. The summed E-state index contributed by atoms with van der Waals surface area (Å²) in [5.74, 6) is 0.790. The zero-order chi connectivity index (χ0) is 11.1. The number of hydrogen-bond donors (Lipinski definition) is 0. The van der Waals surface area contributed by atoms with Gasteiger partial charge < -0.3 is 0 Å². The van der Waals surface area contributed by atoms with Gasteiger partial charge in [-0.1, -0.05) is 11.6 Å². The van der Waals surface area contributed by atoms with Crippen molar-refractivity contribution in [2.75, 3.05) is 0 Å². The molecule has 0 saturated heterocycles. The molecule has 3 aromatic heterocycles. The monoisotopic (exact) mass is 362 g/mol. The van der Waals surface area contributed by atoms with E-state index in [1.807, 2.05) is 9.78 Å². The van der Waals surface area contributed by atoms with Crippen LogP contribution in [0.1, 0.15) is 0 Å². The second kappa shape index (κ2) is 3.94. The first-order valence-electron chi connectivity index (χ1n) is 4.35. The summed E-state index contributed by atoms with van der Waals surface area (Å²) in [6.45, 7) is 0. The fourth-order valence-corrected chi connectivity index (χ4v) is 2.86. The van der Waals surface area contributed by atoms with Crippen LogP contribution in [-0.4, -0.2) is 19.6 Å². The zero-order valence-electron chi connectivity index (χ0n) is 7.76. The van der Waals surface area contributed by atoms with Gasteiger partial charge in [-0.15, -0.1) is 21.5 Å². The van der Waals surface area contributed by atoms with Crippen LogP contribution in [0.2, 0.25) is 5.15 Å². The van der Waals surface area contributed by atoms with Crippen LogP contribution in [-0.2, 0) is 0 Å². The fourth-order valence-electron chi connectivity index (χ4n) is 1.40. The molecule has 7 heteroatoms. The Morgan fingerprint density at radius 2 is 2.19 bits per heavy atom. The summed E-state index contributed by atoms with van der Waals surface area (Å²) in [4.78, 5) is 4.02. The lowest BCUT2D eigenvalue weighted by molar-refractivity contribution is 1.08. The molecular weight excluding hydrogens is 359 g/mol. The average molecular weight is 363 g/mol. The Morgan fingerprint density at radius 3 is 2.94 bits per heavy atom. The number of thiophene rings is 1. The van der Waals surface area contributed by atoms with Crippen LogP contribution in [0.15, 0.2) is 23.8 Å². The van der Waals surface area contributed by atoms with Crippen molar-refractivity contribution in [2.45, 2.75) is 0 Å². The van der Waals surface area contributed by atoms with Crippen LogP contribution in [0, 0.1) is 2.88 Å². The van der Waals surface area contributed by atoms with E-state index < -0.39 is 0 Å². The molecule has 80 valence electrons. The smallest absolute Gasteiger partial charge is 0.170 e. The second-order valence-electron chi connectivity index (χ2n) is 3.10. The van der Waals surface area contributed by atoms with Gasteiger partial charge in [-0.3, -0.25) is 4.40 Å². The Bertz CT molecular complexity index is 662. The average Bonchev–Trinajstić information content (AvgIpc) is 2.83. The van der Waals surface area contributed by atoms with E-state index in [2.05, 4.69) is 43.8 Å². The van der Waals surface area contributed by atoms with Crippen molar-refractivity contribution in [3.63, 3.8) is 0 Å². The largest absolute Gasteiger partial charge is 0.265 e. The van der Waals surface area contributed by atoms with Crippen LogP contribution < -0.4 is 0 Å². The summed E-state index contributed by atoms with van der Waals surface area (Å²) in [6.07, 6.45) is 1.64. The molecule has 0 N–H and O–H groups in total. The lowest BCUT2D eigenvalue weighted by atomic mass is 10.3. The van der Waals surface area contributed by atoms with Crippen molar-refractivity contribution < 1.29 is 0 Å². The number of hydrogen-bond acceptors (Lipinski definition) is 4. The van der Waals surface area contributed by atoms with Gasteiger partial charge >= 0.3 is 0 Å². The fraction of sp³-hybridized carbons (Fsp3) is 0. The highest BCUT2D eigenvalue weighted by molar-refractivity contribution is 14.1. The van der Waals surface area contributed by atoms with E-state index in [1.165, 1.54) is 2.88 Å². The first-order valence-corrected chi connectivity index (χ1v) is 6.68. The molecule has 3 aromatic rings. The number of nitrogens with zero attached hydrogens (tertiary/aromatic N) is 4. The number of fused-ring (bicyclic) bond motifs is 1. The zero-order valence-corrected chi connectivity index (χ0v) is 11.5. The highest BCUT2D eigenvalue weighted by atomic mass is 127. The van der Waals surface area contributed by atoms with E-state index in [-0.39, 0.29) is 0 Å². The van der Waals surface area contributed by atoms with Crippen LogP contribution in [0.3, 0.4) is 0 Å². The summed E-state index contributed by atoms with van der Waals surface area (Å²) in [7, 11) is 0. The SMILES string of the molecule is Clc1cc2nnc(-c3csc(I)c3)n2cn1. The van der Waals surface area contributed by atoms with Gasteiger partial charge in [0, 0.05) is 17.0 Å². The van der Waals surface area contributed by atoms with Gasteiger partial charge in [0.05, 0.1) is 2.88 Å². The lowest BCUT2D eigenvalue weighted by Crippen LogP contribution is -1.89. The molecule has 0 aliphatic heterocycles. The summed E-state index contributed by atoms with van der Waals surface area (Å²) in [5, 5.41) is 10.7. The van der Waals surface area contributed by atoms with Crippen molar-refractivity contribution in [3.8, 4) is 11.4 Å². The van der Waals surface area contributed by atoms with Gasteiger partial charge in [-0.2, -0.15) is 0 Å². The lowest BCUT2D eigenvalue weighted by Gasteiger charge is -1.95. The van der Waals surface area contributed by atoms with E-state index in [0.29, 0.717) is 10.8 Å². The van der Waals surface area contributed by atoms with Crippen molar-refractivity contribution in [1.29, 1.82) is 0 Å². The van der Waals surface area contributed by atoms with E-state index in [0.717, 1.165) is 11.4 Å². The van der Waals surface area contributed by atoms with Crippen molar-refractivity contribution in [3.05, 3.63) is 31.9 Å². The van der Waals surface area contributed by atoms with Crippen LogP contribution in [0.4, 0.5) is 0 Å². The Kier molecular flexibility index (Phi) is 2.56. The second-order valence-corrected chi connectivity index (χ2v) is 6.30. The summed E-state index contributed by atoms with van der Waals surface area (Å²) in [5.41, 5.74) is 1.75. The van der Waals surface area contributed by atoms with E-state index in [1.54, 1.807) is 23.7 Å². The molecule has 16 heavy (non-hydrogen) atoms. The topological polar surface area (TPSA) is 43.1 Å². The molecule has 3 heterocycles. The first-order chi connectivity index (χ1) is 7.74. The third-order valence-electron chi connectivity index (χ3n) is 2.09. The maximum Gasteiger partial charge on any atom is 0.170 e. The molecule has 0 radical (unpaired) electrons. The predicted molar refractivity (Wildman–Crippen MR) is 71.8 cm³/mol. The number of halogens is 2. The summed E-state index contributed by atoms with van der Waals surface area (Å²) < 4.78 is 3.04. The maximum atomic E-state index is 5.79. The highest BCUT2D eigenvalue weighted by Gasteiger charge is 2.10. The minimum Gasteiger partial charge on any atom is -0.265 e. The predicted octanol–water partition coefficient (Wildman–Crippen LogP) is 3.11. The van der Waals surface area contributed by atoms with Gasteiger partial charge in [0.2, 0.25) is 0 Å². The molecule has 0 bridgehead atoms. The molecule has 0 fully saturated rings. The van der Waals surface area contributed by atoms with E-state index >= 15 is 0 Å².